The van der Waals surface area contributed by atoms with Crippen LogP contribution in [0.4, 0.5) is 0 Å². The Morgan fingerprint density at radius 3 is 2.00 bits per heavy atom. The molecule has 0 aliphatic heterocycles. The minimum absolute atomic E-state index is 0.282. The number of unbranched alkanes of at least 4 members (excludes halogenated alkanes) is 3. The summed E-state index contributed by atoms with van der Waals surface area (Å²) in [7, 11) is 4.25. The van der Waals surface area contributed by atoms with E-state index in [1.165, 1.54) is 36.3 Å². The van der Waals surface area contributed by atoms with Crippen LogP contribution in [0, 0.1) is 31.6 Å². The SMILES string of the molecule is CC/C([C]1[CH][CH][CH][CH]1)=C(\c1ccc(O)cc1)c1ccc(OCCCCCCN(C)C)cc1. The van der Waals surface area contributed by atoms with Crippen molar-refractivity contribution >= 4 is 5.57 Å². The van der Waals surface area contributed by atoms with Gasteiger partial charge in [-0.15, -0.1) is 0 Å². The predicted octanol–water partition coefficient (Wildman–Crippen LogP) is 6.51. The number of allylic oxidation sites excluding steroid dienone is 1. The molecule has 32 heavy (non-hydrogen) atoms. The molecule has 0 spiro atoms. The minimum Gasteiger partial charge on any atom is -0.508 e. The highest BCUT2D eigenvalue weighted by atomic mass is 16.5. The lowest BCUT2D eigenvalue weighted by molar-refractivity contribution is 0.302. The number of rotatable bonds is 12. The lowest BCUT2D eigenvalue weighted by Crippen LogP contribution is -2.12. The van der Waals surface area contributed by atoms with Gasteiger partial charge < -0.3 is 14.7 Å². The second-order valence-corrected chi connectivity index (χ2v) is 8.52. The molecule has 0 aromatic heterocycles. The Morgan fingerprint density at radius 2 is 1.41 bits per heavy atom. The summed E-state index contributed by atoms with van der Waals surface area (Å²) in [5.41, 5.74) is 4.76. The van der Waals surface area contributed by atoms with Crippen LogP contribution in [0.5, 0.6) is 11.5 Å². The summed E-state index contributed by atoms with van der Waals surface area (Å²) < 4.78 is 5.99. The van der Waals surface area contributed by atoms with Crippen molar-refractivity contribution in [2.45, 2.75) is 39.0 Å². The van der Waals surface area contributed by atoms with Gasteiger partial charge in [0.2, 0.25) is 0 Å². The Balaban J connectivity index is 1.69. The van der Waals surface area contributed by atoms with Crippen LogP contribution in [0.15, 0.2) is 54.1 Å². The molecule has 3 rings (SSSR count). The van der Waals surface area contributed by atoms with E-state index in [1.807, 2.05) is 12.1 Å². The first-order valence-corrected chi connectivity index (χ1v) is 11.7. The summed E-state index contributed by atoms with van der Waals surface area (Å²) in [5, 5.41) is 9.77. The number of phenols is 1. The van der Waals surface area contributed by atoms with Crippen LogP contribution in [0.25, 0.3) is 5.57 Å². The van der Waals surface area contributed by atoms with Crippen LogP contribution >= 0.6 is 0 Å². The molecule has 0 amide bonds. The van der Waals surface area contributed by atoms with Crippen molar-refractivity contribution in [2.75, 3.05) is 27.2 Å². The zero-order valence-electron chi connectivity index (χ0n) is 19.7. The number of aromatic hydroxyl groups is 1. The number of hydrogen-bond donors (Lipinski definition) is 1. The molecule has 1 aliphatic rings. The molecule has 0 saturated heterocycles. The van der Waals surface area contributed by atoms with E-state index in [4.69, 9.17) is 4.74 Å². The number of phenolic OH excluding ortho intramolecular Hbond substituents is 1. The van der Waals surface area contributed by atoms with E-state index in [-0.39, 0.29) is 5.75 Å². The maximum absolute atomic E-state index is 9.77. The van der Waals surface area contributed by atoms with Gasteiger partial charge in [-0.2, -0.15) is 0 Å². The molecule has 0 heterocycles. The first kappa shape index (κ1) is 24.4. The highest BCUT2D eigenvalue weighted by Gasteiger charge is 2.24. The fraction of sp³-hybridized carbons (Fsp3) is 0.345. The number of benzene rings is 2. The van der Waals surface area contributed by atoms with Gasteiger partial charge in [-0.1, -0.05) is 49.6 Å². The zero-order valence-corrected chi connectivity index (χ0v) is 19.7. The van der Waals surface area contributed by atoms with Crippen LogP contribution in [-0.4, -0.2) is 37.3 Å². The Hall–Kier alpha value is -2.26. The molecule has 1 fully saturated rings. The summed E-state index contributed by atoms with van der Waals surface area (Å²) in [4.78, 5) is 2.24. The molecule has 0 atom stereocenters. The summed E-state index contributed by atoms with van der Waals surface area (Å²) in [6.45, 7) is 4.11. The van der Waals surface area contributed by atoms with Crippen LogP contribution in [0.1, 0.15) is 50.2 Å². The molecular weight excluding hydrogens is 394 g/mol. The van der Waals surface area contributed by atoms with Gasteiger partial charge >= 0.3 is 0 Å². The maximum Gasteiger partial charge on any atom is 0.119 e. The van der Waals surface area contributed by atoms with Gasteiger partial charge in [0.15, 0.2) is 0 Å². The minimum atomic E-state index is 0.282. The van der Waals surface area contributed by atoms with E-state index >= 15 is 0 Å². The van der Waals surface area contributed by atoms with Gasteiger partial charge in [0.1, 0.15) is 11.5 Å². The summed E-state index contributed by atoms with van der Waals surface area (Å²) in [6.07, 6.45) is 14.2. The van der Waals surface area contributed by atoms with Gasteiger partial charge in [-0.25, -0.2) is 0 Å². The van der Waals surface area contributed by atoms with Gasteiger partial charge in [-0.05, 0) is 107 Å². The van der Waals surface area contributed by atoms with Crippen LogP contribution in [-0.2, 0) is 0 Å². The average molecular weight is 431 g/mol. The van der Waals surface area contributed by atoms with Gasteiger partial charge in [0, 0.05) is 5.92 Å². The smallest absolute Gasteiger partial charge is 0.119 e. The fourth-order valence-electron chi connectivity index (χ4n) is 4.04. The Labute approximate surface area is 195 Å². The molecule has 1 aliphatic carbocycles. The van der Waals surface area contributed by atoms with Gasteiger partial charge in [0.25, 0.3) is 0 Å². The van der Waals surface area contributed by atoms with E-state index < -0.39 is 0 Å². The molecule has 1 N–H and O–H groups in total. The predicted molar refractivity (Wildman–Crippen MR) is 134 cm³/mol. The molecule has 1 saturated carbocycles. The first-order chi connectivity index (χ1) is 15.6. The standard InChI is InChI=1S/C29H36NO2/c1-4-28(23-11-7-8-12-23)29(24-13-17-26(31)18-14-24)25-15-19-27(20-16-25)32-22-10-6-5-9-21-30(2)3/h7-8,11-20,31H,4-6,9-10,21-22H2,1-3H3/b29-28-. The van der Waals surface area contributed by atoms with E-state index in [0.29, 0.717) is 0 Å². The quantitative estimate of drug-likeness (QED) is 0.390. The largest absolute Gasteiger partial charge is 0.508 e. The lowest BCUT2D eigenvalue weighted by Gasteiger charge is -2.20. The van der Waals surface area contributed by atoms with Crippen LogP contribution in [0.3, 0.4) is 0 Å². The molecular formula is C29H36NO2. The van der Waals surface area contributed by atoms with Crippen molar-refractivity contribution in [3.8, 4) is 11.5 Å². The Morgan fingerprint density at radius 1 is 0.812 bits per heavy atom. The van der Waals surface area contributed by atoms with Crippen molar-refractivity contribution in [3.63, 3.8) is 0 Å². The lowest BCUT2D eigenvalue weighted by atomic mass is 9.84. The number of nitrogens with zero attached hydrogens (tertiary/aromatic N) is 1. The Kier molecular flexibility index (Phi) is 9.67. The molecule has 2 aromatic carbocycles. The Bertz CT molecular complexity index is 830. The summed E-state index contributed by atoms with van der Waals surface area (Å²) in [6, 6.07) is 15.9. The normalized spacial score (nSPS) is 15.2. The fourth-order valence-corrected chi connectivity index (χ4v) is 4.04. The highest BCUT2D eigenvalue weighted by Crippen LogP contribution is 2.40. The molecule has 3 nitrogen and oxygen atoms in total. The molecule has 169 valence electrons. The average Bonchev–Trinajstić information content (AvgIpc) is 3.32. The van der Waals surface area contributed by atoms with Crippen molar-refractivity contribution in [1.29, 1.82) is 0 Å². The third-order valence-electron chi connectivity index (χ3n) is 5.73. The van der Waals surface area contributed by atoms with Crippen LogP contribution in [0.2, 0.25) is 0 Å². The molecule has 5 radical (unpaired) electrons. The van der Waals surface area contributed by atoms with Gasteiger partial charge in [0.05, 0.1) is 6.61 Å². The zero-order chi connectivity index (χ0) is 22.8. The molecule has 0 unspecified atom stereocenters. The van der Waals surface area contributed by atoms with E-state index in [1.54, 1.807) is 12.1 Å². The van der Waals surface area contributed by atoms with Crippen molar-refractivity contribution in [2.24, 2.45) is 0 Å². The third-order valence-corrected chi connectivity index (χ3v) is 5.73. The second-order valence-electron chi connectivity index (χ2n) is 8.52. The van der Waals surface area contributed by atoms with E-state index in [2.05, 4.69) is 75.9 Å². The molecule has 2 aromatic rings. The van der Waals surface area contributed by atoms with Crippen molar-refractivity contribution < 1.29 is 9.84 Å². The van der Waals surface area contributed by atoms with Crippen molar-refractivity contribution in [3.05, 3.63) is 96.8 Å². The summed E-state index contributed by atoms with van der Waals surface area (Å²) in [5.74, 6) is 2.44. The van der Waals surface area contributed by atoms with Crippen molar-refractivity contribution in [1.82, 2.24) is 4.90 Å². The number of ether oxygens (including phenoxy) is 1. The van der Waals surface area contributed by atoms with Crippen LogP contribution < -0.4 is 4.74 Å². The molecule has 3 heteroatoms. The van der Waals surface area contributed by atoms with Gasteiger partial charge in [-0.3, -0.25) is 0 Å². The monoisotopic (exact) mass is 430 g/mol. The van der Waals surface area contributed by atoms with E-state index in [0.717, 1.165) is 42.9 Å². The summed E-state index contributed by atoms with van der Waals surface area (Å²) >= 11 is 0. The third kappa shape index (κ3) is 7.13. The molecule has 0 bridgehead atoms. The number of hydrogen-bond acceptors (Lipinski definition) is 3. The topological polar surface area (TPSA) is 32.7 Å². The second kappa shape index (κ2) is 12.7. The first-order valence-electron chi connectivity index (χ1n) is 11.7. The van der Waals surface area contributed by atoms with E-state index in [9.17, 15) is 5.11 Å². The highest BCUT2D eigenvalue weighted by molar-refractivity contribution is 5.85. The maximum atomic E-state index is 9.77.